The Bertz CT molecular complexity index is 724. The molecule has 1 aromatic heterocycles. The van der Waals surface area contributed by atoms with Gasteiger partial charge in [-0.15, -0.1) is 0 Å². The number of halogens is 1. The molecule has 3 aromatic rings. The minimum atomic E-state index is -0.328. The highest BCUT2D eigenvalue weighted by molar-refractivity contribution is 5.69. The van der Waals surface area contributed by atoms with Crippen LogP contribution in [-0.4, -0.2) is 9.97 Å². The molecule has 3 nitrogen and oxygen atoms in total. The van der Waals surface area contributed by atoms with Crippen molar-refractivity contribution in [1.82, 2.24) is 9.97 Å². The van der Waals surface area contributed by atoms with Gasteiger partial charge in [-0.05, 0) is 23.3 Å². The van der Waals surface area contributed by atoms with E-state index in [1.807, 2.05) is 36.4 Å². The van der Waals surface area contributed by atoms with Crippen molar-refractivity contribution in [2.75, 3.05) is 5.73 Å². The molecule has 0 bridgehead atoms. The third kappa shape index (κ3) is 2.36. The zero-order chi connectivity index (χ0) is 13.9. The first-order valence-corrected chi connectivity index (χ1v) is 6.17. The second kappa shape index (κ2) is 5.09. The number of anilines is 1. The summed E-state index contributed by atoms with van der Waals surface area (Å²) in [5.74, 6) is -0.0134. The van der Waals surface area contributed by atoms with Crippen LogP contribution in [0, 0.1) is 5.82 Å². The monoisotopic (exact) mass is 265 g/mol. The van der Waals surface area contributed by atoms with Crippen LogP contribution in [0.25, 0.3) is 22.4 Å². The largest absolute Gasteiger partial charge is 0.382 e. The van der Waals surface area contributed by atoms with Crippen molar-refractivity contribution in [3.05, 3.63) is 66.7 Å². The van der Waals surface area contributed by atoms with Crippen molar-refractivity contribution in [1.29, 1.82) is 0 Å². The third-order valence-corrected chi connectivity index (χ3v) is 3.02. The van der Waals surface area contributed by atoms with Crippen LogP contribution in [0.5, 0.6) is 0 Å². The maximum atomic E-state index is 14.2. The summed E-state index contributed by atoms with van der Waals surface area (Å²) < 4.78 is 14.2. The second-order valence-electron chi connectivity index (χ2n) is 4.39. The van der Waals surface area contributed by atoms with E-state index in [-0.39, 0.29) is 5.82 Å². The second-order valence-corrected chi connectivity index (χ2v) is 4.39. The first-order chi connectivity index (χ1) is 9.74. The number of nitrogens with two attached hydrogens (primary N) is 1. The van der Waals surface area contributed by atoms with E-state index in [9.17, 15) is 4.39 Å². The zero-order valence-corrected chi connectivity index (χ0v) is 10.6. The fraction of sp³-hybridized carbons (Fsp3) is 0. The summed E-state index contributed by atoms with van der Waals surface area (Å²) in [7, 11) is 0. The van der Waals surface area contributed by atoms with E-state index < -0.39 is 0 Å². The molecule has 0 aliphatic heterocycles. The molecular formula is C16H12FN3. The van der Waals surface area contributed by atoms with Crippen LogP contribution >= 0.6 is 0 Å². The number of hydrogen-bond acceptors (Lipinski definition) is 3. The molecule has 0 fully saturated rings. The smallest absolute Gasteiger partial charge is 0.141 e. The molecule has 2 N–H and O–H groups in total. The standard InChI is InChI=1S/C16H12FN3/c17-14-8-12(11-4-2-1-3-5-11)6-7-13(14)15-9-20-16(18)10-19-15/h1-10H,(H2,18,20). The number of rotatable bonds is 2. The maximum Gasteiger partial charge on any atom is 0.141 e. The van der Waals surface area contributed by atoms with Gasteiger partial charge >= 0.3 is 0 Å². The topological polar surface area (TPSA) is 51.8 Å². The fourth-order valence-corrected chi connectivity index (χ4v) is 2.01. The molecule has 3 rings (SSSR count). The molecule has 98 valence electrons. The molecule has 0 amide bonds. The van der Waals surface area contributed by atoms with E-state index >= 15 is 0 Å². The molecule has 0 aliphatic rings. The molecule has 2 aromatic carbocycles. The summed E-state index contributed by atoms with van der Waals surface area (Å²) >= 11 is 0. The van der Waals surface area contributed by atoms with Gasteiger partial charge in [0.25, 0.3) is 0 Å². The lowest BCUT2D eigenvalue weighted by molar-refractivity contribution is 0.631. The molecule has 4 heteroatoms. The van der Waals surface area contributed by atoms with Gasteiger partial charge in [-0.2, -0.15) is 0 Å². The lowest BCUT2D eigenvalue weighted by Gasteiger charge is -2.06. The minimum absolute atomic E-state index is 0.315. The van der Waals surface area contributed by atoms with Crippen molar-refractivity contribution in [3.63, 3.8) is 0 Å². The van der Waals surface area contributed by atoms with Crippen molar-refractivity contribution in [3.8, 4) is 22.4 Å². The van der Waals surface area contributed by atoms with Crippen LogP contribution in [0.1, 0.15) is 0 Å². The quantitative estimate of drug-likeness (QED) is 0.771. The number of hydrogen-bond donors (Lipinski definition) is 1. The van der Waals surface area contributed by atoms with Gasteiger partial charge in [0.1, 0.15) is 11.6 Å². The molecule has 0 unspecified atom stereocenters. The summed E-state index contributed by atoms with van der Waals surface area (Å²) in [5.41, 5.74) is 8.16. The Morgan fingerprint density at radius 3 is 2.30 bits per heavy atom. The maximum absolute atomic E-state index is 14.2. The molecule has 0 spiro atoms. The predicted molar refractivity (Wildman–Crippen MR) is 77.3 cm³/mol. The Morgan fingerprint density at radius 2 is 1.65 bits per heavy atom. The summed E-state index contributed by atoms with van der Waals surface area (Å²) in [4.78, 5) is 8.01. The van der Waals surface area contributed by atoms with E-state index in [0.717, 1.165) is 11.1 Å². The van der Waals surface area contributed by atoms with Crippen molar-refractivity contribution in [2.45, 2.75) is 0 Å². The fourth-order valence-electron chi connectivity index (χ4n) is 2.01. The van der Waals surface area contributed by atoms with Gasteiger partial charge in [-0.25, -0.2) is 9.37 Å². The van der Waals surface area contributed by atoms with Crippen LogP contribution in [0.3, 0.4) is 0 Å². The first kappa shape index (κ1) is 12.3. The molecule has 1 heterocycles. The molecular weight excluding hydrogens is 253 g/mol. The van der Waals surface area contributed by atoms with E-state index in [0.29, 0.717) is 17.1 Å². The summed E-state index contributed by atoms with van der Waals surface area (Å²) in [5, 5.41) is 0. The lowest BCUT2D eigenvalue weighted by atomic mass is 10.0. The van der Waals surface area contributed by atoms with Crippen LogP contribution in [-0.2, 0) is 0 Å². The average molecular weight is 265 g/mol. The highest BCUT2D eigenvalue weighted by atomic mass is 19.1. The Morgan fingerprint density at radius 1 is 0.850 bits per heavy atom. The Balaban J connectivity index is 2.02. The molecule has 20 heavy (non-hydrogen) atoms. The summed E-state index contributed by atoms with van der Waals surface area (Å²) in [6, 6.07) is 14.7. The zero-order valence-electron chi connectivity index (χ0n) is 10.6. The van der Waals surface area contributed by atoms with Gasteiger partial charge in [0.05, 0.1) is 18.1 Å². The number of nitrogens with zero attached hydrogens (tertiary/aromatic N) is 2. The van der Waals surface area contributed by atoms with Crippen LogP contribution in [0.15, 0.2) is 60.9 Å². The predicted octanol–water partition coefficient (Wildman–Crippen LogP) is 3.53. The third-order valence-electron chi connectivity index (χ3n) is 3.02. The average Bonchev–Trinajstić information content (AvgIpc) is 2.49. The van der Waals surface area contributed by atoms with Gasteiger partial charge < -0.3 is 5.73 Å². The Hall–Kier alpha value is -2.75. The highest BCUT2D eigenvalue weighted by Crippen LogP contribution is 2.26. The highest BCUT2D eigenvalue weighted by Gasteiger charge is 2.08. The molecule has 0 atom stereocenters. The number of aromatic nitrogens is 2. The van der Waals surface area contributed by atoms with Crippen LogP contribution in [0.2, 0.25) is 0 Å². The van der Waals surface area contributed by atoms with Gasteiger partial charge in [-0.1, -0.05) is 36.4 Å². The molecule has 0 saturated heterocycles. The Labute approximate surface area is 115 Å². The summed E-state index contributed by atoms with van der Waals surface area (Å²) in [6.07, 6.45) is 2.88. The van der Waals surface area contributed by atoms with Crippen LogP contribution in [0.4, 0.5) is 10.2 Å². The van der Waals surface area contributed by atoms with Crippen molar-refractivity contribution >= 4 is 5.82 Å². The molecule has 0 saturated carbocycles. The van der Waals surface area contributed by atoms with Gasteiger partial charge in [0.2, 0.25) is 0 Å². The summed E-state index contributed by atoms with van der Waals surface area (Å²) in [6.45, 7) is 0. The van der Waals surface area contributed by atoms with Gasteiger partial charge in [0, 0.05) is 5.56 Å². The SMILES string of the molecule is Nc1cnc(-c2ccc(-c3ccccc3)cc2F)cn1. The molecule has 0 radical (unpaired) electrons. The number of nitrogen functional groups attached to an aromatic ring is 1. The minimum Gasteiger partial charge on any atom is -0.382 e. The van der Waals surface area contributed by atoms with Crippen molar-refractivity contribution in [2.24, 2.45) is 0 Å². The van der Waals surface area contributed by atoms with E-state index in [2.05, 4.69) is 9.97 Å². The van der Waals surface area contributed by atoms with E-state index in [1.54, 1.807) is 6.07 Å². The normalized spacial score (nSPS) is 10.4. The van der Waals surface area contributed by atoms with E-state index in [4.69, 9.17) is 5.73 Å². The first-order valence-electron chi connectivity index (χ1n) is 6.17. The van der Waals surface area contributed by atoms with Crippen molar-refractivity contribution < 1.29 is 4.39 Å². The van der Waals surface area contributed by atoms with Crippen LogP contribution < -0.4 is 5.73 Å². The van der Waals surface area contributed by atoms with E-state index in [1.165, 1.54) is 18.5 Å². The van der Waals surface area contributed by atoms with Gasteiger partial charge in [0.15, 0.2) is 0 Å². The Kier molecular flexibility index (Phi) is 3.13. The van der Waals surface area contributed by atoms with Gasteiger partial charge in [-0.3, -0.25) is 4.98 Å². The lowest BCUT2D eigenvalue weighted by Crippen LogP contribution is -1.94. The molecule has 0 aliphatic carbocycles. The number of benzene rings is 2.